The van der Waals surface area contributed by atoms with E-state index in [1.54, 1.807) is 4.52 Å². The summed E-state index contributed by atoms with van der Waals surface area (Å²) in [5.41, 5.74) is 0.997. The van der Waals surface area contributed by atoms with Crippen LogP contribution < -0.4 is 4.90 Å². The number of anilines is 1. The van der Waals surface area contributed by atoms with Gasteiger partial charge in [0.05, 0.1) is 19.1 Å². The van der Waals surface area contributed by atoms with E-state index in [1.807, 2.05) is 4.90 Å². The minimum absolute atomic E-state index is 0.0312. The summed E-state index contributed by atoms with van der Waals surface area (Å²) in [4.78, 5) is 25.8. The highest BCUT2D eigenvalue weighted by molar-refractivity contribution is 5.80. The first kappa shape index (κ1) is 16.3. The van der Waals surface area contributed by atoms with Crippen LogP contribution in [0.2, 0.25) is 0 Å². The van der Waals surface area contributed by atoms with E-state index in [2.05, 4.69) is 33.0 Å². The van der Waals surface area contributed by atoms with Crippen LogP contribution in [0.15, 0.2) is 12.4 Å². The number of amides is 1. The lowest BCUT2D eigenvalue weighted by Crippen LogP contribution is -2.48. The molecular weight excluding hydrogens is 320 g/mol. The molecule has 1 atom stereocenters. The Labute approximate surface area is 146 Å². The zero-order valence-corrected chi connectivity index (χ0v) is 14.6. The van der Waals surface area contributed by atoms with Gasteiger partial charge < -0.3 is 14.5 Å². The maximum absolute atomic E-state index is 12.9. The van der Waals surface area contributed by atoms with Gasteiger partial charge in [0.25, 0.3) is 5.78 Å². The number of aryl methyl sites for hydroxylation is 1. The first-order valence-electron chi connectivity index (χ1n) is 9.07. The highest BCUT2D eigenvalue weighted by Gasteiger charge is 2.31. The molecule has 4 heterocycles. The molecular formula is C17H24N6O2. The lowest BCUT2D eigenvalue weighted by molar-refractivity contribution is -0.139. The Hall–Kier alpha value is -2.22. The van der Waals surface area contributed by atoms with E-state index in [0.29, 0.717) is 32.1 Å². The fourth-order valence-corrected chi connectivity index (χ4v) is 3.68. The predicted octanol–water partition coefficient (Wildman–Crippen LogP) is 0.762. The Kier molecular flexibility index (Phi) is 4.52. The molecule has 0 bridgehead atoms. The molecule has 8 nitrogen and oxygen atoms in total. The molecule has 4 rings (SSSR count). The number of carbonyl (C=O) groups excluding carboxylic acids is 1. The standard InChI is InChI=1S/C17H24N6O2/c1-2-14-10-15(23-17(20-14)18-12-19-23)22-5-3-4-13(11-22)16(24)21-6-8-25-9-7-21/h10,12-13H,2-9,11H2,1H3. The van der Waals surface area contributed by atoms with Gasteiger partial charge in [-0.05, 0) is 19.3 Å². The molecule has 1 amide bonds. The van der Waals surface area contributed by atoms with Crippen LogP contribution in [-0.2, 0) is 16.0 Å². The summed E-state index contributed by atoms with van der Waals surface area (Å²) in [6.07, 6.45) is 4.32. The van der Waals surface area contributed by atoms with Gasteiger partial charge in [0.2, 0.25) is 5.91 Å². The summed E-state index contributed by atoms with van der Waals surface area (Å²) in [5, 5.41) is 4.32. The Bertz CT molecular complexity index is 755. The number of hydrogen-bond donors (Lipinski definition) is 0. The number of morpholine rings is 1. The molecule has 2 aliphatic rings. The zero-order valence-electron chi connectivity index (χ0n) is 14.6. The summed E-state index contributed by atoms with van der Waals surface area (Å²) >= 11 is 0. The van der Waals surface area contributed by atoms with Crippen LogP contribution in [-0.4, -0.2) is 69.8 Å². The highest BCUT2D eigenvalue weighted by Crippen LogP contribution is 2.25. The quantitative estimate of drug-likeness (QED) is 0.818. The molecule has 2 aromatic heterocycles. The van der Waals surface area contributed by atoms with Crippen molar-refractivity contribution < 1.29 is 9.53 Å². The van der Waals surface area contributed by atoms with E-state index < -0.39 is 0 Å². The monoisotopic (exact) mass is 344 g/mol. The summed E-state index contributed by atoms with van der Waals surface area (Å²) in [5.74, 6) is 1.89. The molecule has 2 fully saturated rings. The number of ether oxygens (including phenoxy) is 1. The average Bonchev–Trinajstić information content (AvgIpc) is 3.16. The summed E-state index contributed by atoms with van der Waals surface area (Å²) in [7, 11) is 0. The van der Waals surface area contributed by atoms with Crippen LogP contribution >= 0.6 is 0 Å². The molecule has 2 aromatic rings. The minimum Gasteiger partial charge on any atom is -0.378 e. The van der Waals surface area contributed by atoms with Gasteiger partial charge in [0.1, 0.15) is 12.1 Å². The van der Waals surface area contributed by atoms with Crippen LogP contribution in [0.3, 0.4) is 0 Å². The van der Waals surface area contributed by atoms with E-state index >= 15 is 0 Å². The van der Waals surface area contributed by atoms with Crippen LogP contribution in [0.1, 0.15) is 25.5 Å². The fraction of sp³-hybridized carbons (Fsp3) is 0.647. The number of rotatable bonds is 3. The van der Waals surface area contributed by atoms with Crippen molar-refractivity contribution in [2.24, 2.45) is 5.92 Å². The molecule has 2 saturated heterocycles. The van der Waals surface area contributed by atoms with Gasteiger partial charge in [0, 0.05) is 37.9 Å². The Morgan fingerprint density at radius 3 is 2.96 bits per heavy atom. The highest BCUT2D eigenvalue weighted by atomic mass is 16.5. The van der Waals surface area contributed by atoms with Crippen LogP contribution in [0.5, 0.6) is 0 Å². The Balaban J connectivity index is 1.57. The average molecular weight is 344 g/mol. The third-order valence-electron chi connectivity index (χ3n) is 5.07. The van der Waals surface area contributed by atoms with Gasteiger partial charge in [0.15, 0.2) is 0 Å². The Morgan fingerprint density at radius 1 is 1.32 bits per heavy atom. The number of piperidine rings is 1. The molecule has 1 unspecified atom stereocenters. The van der Waals surface area contributed by atoms with E-state index in [-0.39, 0.29) is 11.8 Å². The summed E-state index contributed by atoms with van der Waals surface area (Å²) < 4.78 is 7.14. The maximum atomic E-state index is 12.9. The Morgan fingerprint density at radius 2 is 2.16 bits per heavy atom. The largest absolute Gasteiger partial charge is 0.378 e. The van der Waals surface area contributed by atoms with Crippen molar-refractivity contribution in [2.75, 3.05) is 44.3 Å². The smallest absolute Gasteiger partial charge is 0.254 e. The van der Waals surface area contributed by atoms with E-state index in [4.69, 9.17) is 4.74 Å². The maximum Gasteiger partial charge on any atom is 0.254 e. The van der Waals surface area contributed by atoms with Gasteiger partial charge in [-0.2, -0.15) is 14.6 Å². The number of aromatic nitrogens is 4. The third-order valence-corrected chi connectivity index (χ3v) is 5.07. The summed E-state index contributed by atoms with van der Waals surface area (Å²) in [6, 6.07) is 2.07. The molecule has 8 heteroatoms. The van der Waals surface area contributed by atoms with Crippen molar-refractivity contribution in [1.82, 2.24) is 24.5 Å². The molecule has 25 heavy (non-hydrogen) atoms. The second kappa shape index (κ2) is 6.95. The van der Waals surface area contributed by atoms with Gasteiger partial charge in [-0.25, -0.2) is 4.98 Å². The predicted molar refractivity (Wildman–Crippen MR) is 92.5 cm³/mol. The fourth-order valence-electron chi connectivity index (χ4n) is 3.68. The van der Waals surface area contributed by atoms with E-state index in [9.17, 15) is 4.79 Å². The zero-order chi connectivity index (χ0) is 17.2. The lowest BCUT2D eigenvalue weighted by Gasteiger charge is -2.37. The first-order valence-corrected chi connectivity index (χ1v) is 9.07. The van der Waals surface area contributed by atoms with Crippen molar-refractivity contribution in [1.29, 1.82) is 0 Å². The lowest BCUT2D eigenvalue weighted by atomic mass is 9.96. The second-order valence-electron chi connectivity index (χ2n) is 6.65. The normalized spacial score (nSPS) is 21.7. The second-order valence-corrected chi connectivity index (χ2v) is 6.65. The third kappa shape index (κ3) is 3.18. The van der Waals surface area contributed by atoms with Crippen molar-refractivity contribution in [3.05, 3.63) is 18.1 Å². The molecule has 134 valence electrons. The van der Waals surface area contributed by atoms with E-state index in [1.165, 1.54) is 6.33 Å². The molecule has 0 N–H and O–H groups in total. The SMILES string of the molecule is CCc1cc(N2CCCC(C(=O)N3CCOCC3)C2)n2ncnc2n1. The van der Waals surface area contributed by atoms with Crippen molar-refractivity contribution in [2.45, 2.75) is 26.2 Å². The number of fused-ring (bicyclic) bond motifs is 1. The van der Waals surface area contributed by atoms with Crippen LogP contribution in [0, 0.1) is 5.92 Å². The van der Waals surface area contributed by atoms with Gasteiger partial charge in [-0.1, -0.05) is 6.92 Å². The summed E-state index contributed by atoms with van der Waals surface area (Å²) in [6.45, 7) is 6.43. The molecule has 2 aliphatic heterocycles. The van der Waals surface area contributed by atoms with Gasteiger partial charge in [-0.15, -0.1) is 0 Å². The number of hydrogen-bond acceptors (Lipinski definition) is 6. The molecule has 0 radical (unpaired) electrons. The van der Waals surface area contributed by atoms with Gasteiger partial charge >= 0.3 is 0 Å². The van der Waals surface area contributed by atoms with Crippen molar-refractivity contribution >= 4 is 17.5 Å². The van der Waals surface area contributed by atoms with E-state index in [0.717, 1.165) is 43.9 Å². The number of carbonyl (C=O) groups is 1. The van der Waals surface area contributed by atoms with Crippen molar-refractivity contribution in [3.63, 3.8) is 0 Å². The number of nitrogens with zero attached hydrogens (tertiary/aromatic N) is 6. The molecule has 0 aromatic carbocycles. The van der Waals surface area contributed by atoms with Gasteiger partial charge in [-0.3, -0.25) is 4.79 Å². The topological polar surface area (TPSA) is 75.9 Å². The molecule has 0 saturated carbocycles. The molecule has 0 aliphatic carbocycles. The first-order chi connectivity index (χ1) is 12.3. The van der Waals surface area contributed by atoms with Crippen LogP contribution in [0.4, 0.5) is 5.82 Å². The minimum atomic E-state index is 0.0312. The van der Waals surface area contributed by atoms with Crippen molar-refractivity contribution in [3.8, 4) is 0 Å². The molecule has 0 spiro atoms. The van der Waals surface area contributed by atoms with Crippen LogP contribution in [0.25, 0.3) is 5.78 Å².